The molecule has 0 aromatic rings. The molecule has 0 bridgehead atoms. The van der Waals surface area contributed by atoms with E-state index >= 15 is 0 Å². The van der Waals surface area contributed by atoms with E-state index in [-0.39, 0.29) is 6.04 Å². The lowest BCUT2D eigenvalue weighted by Crippen LogP contribution is -2.43. The minimum atomic E-state index is -0.645. The van der Waals surface area contributed by atoms with Gasteiger partial charge in [-0.25, -0.2) is 0 Å². The van der Waals surface area contributed by atoms with Gasteiger partial charge in [-0.15, -0.1) is 0 Å². The molecule has 88 valence electrons. The van der Waals surface area contributed by atoms with Crippen molar-refractivity contribution in [3.63, 3.8) is 0 Å². The molecule has 1 fully saturated rings. The standard InChI is InChI=1S/C12H23NO2/c1-4-6-10(5-2)13-8-9(3)7-11(13)12(14)15/h9-11H,4-8H2,1-3H3,(H,14,15)/t9-,10?,11-/m0/s1. The summed E-state index contributed by atoms with van der Waals surface area (Å²) < 4.78 is 0. The molecule has 1 unspecified atom stereocenters. The van der Waals surface area contributed by atoms with Gasteiger partial charge in [0.2, 0.25) is 0 Å². The SMILES string of the molecule is CCCC(CC)N1C[C@@H](C)C[C@H]1C(=O)O. The zero-order valence-electron chi connectivity index (χ0n) is 10.1. The molecule has 3 atom stereocenters. The van der Waals surface area contributed by atoms with Gasteiger partial charge in [-0.1, -0.05) is 27.2 Å². The van der Waals surface area contributed by atoms with Crippen LogP contribution in [0.2, 0.25) is 0 Å². The third-order valence-corrected chi connectivity index (χ3v) is 3.40. The summed E-state index contributed by atoms with van der Waals surface area (Å²) in [5, 5.41) is 9.17. The highest BCUT2D eigenvalue weighted by Gasteiger charge is 2.37. The van der Waals surface area contributed by atoms with Crippen molar-refractivity contribution in [3.8, 4) is 0 Å². The maximum Gasteiger partial charge on any atom is 0.320 e. The van der Waals surface area contributed by atoms with Gasteiger partial charge in [-0.2, -0.15) is 0 Å². The molecular weight excluding hydrogens is 190 g/mol. The Bertz CT molecular complexity index is 218. The van der Waals surface area contributed by atoms with Gasteiger partial charge in [0.1, 0.15) is 6.04 Å². The highest BCUT2D eigenvalue weighted by molar-refractivity contribution is 5.74. The molecule has 1 rings (SSSR count). The van der Waals surface area contributed by atoms with E-state index < -0.39 is 5.97 Å². The number of likely N-dealkylation sites (tertiary alicyclic amines) is 1. The van der Waals surface area contributed by atoms with Crippen molar-refractivity contribution >= 4 is 5.97 Å². The van der Waals surface area contributed by atoms with Crippen molar-refractivity contribution < 1.29 is 9.90 Å². The van der Waals surface area contributed by atoms with Crippen molar-refractivity contribution in [1.82, 2.24) is 4.90 Å². The molecule has 0 radical (unpaired) electrons. The summed E-state index contributed by atoms with van der Waals surface area (Å²) in [6.45, 7) is 7.42. The first-order valence-electron chi connectivity index (χ1n) is 6.08. The number of hydrogen-bond donors (Lipinski definition) is 1. The minimum Gasteiger partial charge on any atom is -0.480 e. The smallest absolute Gasteiger partial charge is 0.320 e. The number of rotatable bonds is 5. The summed E-state index contributed by atoms with van der Waals surface area (Å²) in [5.41, 5.74) is 0. The molecule has 1 N–H and O–H groups in total. The van der Waals surface area contributed by atoms with Crippen molar-refractivity contribution in [2.24, 2.45) is 5.92 Å². The van der Waals surface area contributed by atoms with Gasteiger partial charge in [-0.3, -0.25) is 9.69 Å². The summed E-state index contributed by atoms with van der Waals surface area (Å²) >= 11 is 0. The third-order valence-electron chi connectivity index (χ3n) is 3.40. The molecule has 3 nitrogen and oxygen atoms in total. The van der Waals surface area contributed by atoms with E-state index in [1.165, 1.54) is 0 Å². The maximum atomic E-state index is 11.1. The van der Waals surface area contributed by atoms with E-state index in [4.69, 9.17) is 0 Å². The topological polar surface area (TPSA) is 40.5 Å². The zero-order chi connectivity index (χ0) is 11.4. The summed E-state index contributed by atoms with van der Waals surface area (Å²) in [6.07, 6.45) is 4.13. The van der Waals surface area contributed by atoms with Crippen LogP contribution in [0.4, 0.5) is 0 Å². The van der Waals surface area contributed by atoms with Gasteiger partial charge in [0.25, 0.3) is 0 Å². The number of carboxylic acids is 1. The quantitative estimate of drug-likeness (QED) is 0.762. The molecule has 1 aliphatic rings. The normalized spacial score (nSPS) is 29.3. The second kappa shape index (κ2) is 5.50. The number of aliphatic carboxylic acids is 1. The molecule has 15 heavy (non-hydrogen) atoms. The predicted octanol–water partition coefficient (Wildman–Crippen LogP) is 2.36. The largest absolute Gasteiger partial charge is 0.480 e. The maximum absolute atomic E-state index is 11.1. The van der Waals surface area contributed by atoms with Crippen molar-refractivity contribution in [2.45, 2.75) is 58.5 Å². The lowest BCUT2D eigenvalue weighted by atomic mass is 10.1. The molecule has 0 spiro atoms. The van der Waals surface area contributed by atoms with E-state index in [1.54, 1.807) is 0 Å². The zero-order valence-corrected chi connectivity index (χ0v) is 10.1. The van der Waals surface area contributed by atoms with E-state index in [9.17, 15) is 9.90 Å². The van der Waals surface area contributed by atoms with E-state index in [2.05, 4.69) is 25.7 Å². The fourth-order valence-electron chi connectivity index (χ4n) is 2.66. The highest BCUT2D eigenvalue weighted by Crippen LogP contribution is 2.27. The minimum absolute atomic E-state index is 0.239. The monoisotopic (exact) mass is 213 g/mol. The van der Waals surface area contributed by atoms with Gasteiger partial charge >= 0.3 is 5.97 Å². The Hall–Kier alpha value is -0.570. The highest BCUT2D eigenvalue weighted by atomic mass is 16.4. The molecule has 0 aromatic heterocycles. The lowest BCUT2D eigenvalue weighted by molar-refractivity contribution is -0.143. The van der Waals surface area contributed by atoms with Crippen LogP contribution >= 0.6 is 0 Å². The van der Waals surface area contributed by atoms with E-state index in [0.717, 1.165) is 32.2 Å². The van der Waals surface area contributed by atoms with Gasteiger partial charge < -0.3 is 5.11 Å². The number of carbonyl (C=O) groups is 1. The number of nitrogens with zero attached hydrogens (tertiary/aromatic N) is 1. The first-order valence-corrected chi connectivity index (χ1v) is 6.08. The van der Waals surface area contributed by atoms with Gasteiger partial charge in [-0.05, 0) is 25.2 Å². The Labute approximate surface area is 92.5 Å². The Morgan fingerprint density at radius 2 is 2.20 bits per heavy atom. The van der Waals surface area contributed by atoms with Gasteiger partial charge in [0.05, 0.1) is 0 Å². The van der Waals surface area contributed by atoms with Crippen LogP contribution in [0, 0.1) is 5.92 Å². The molecule has 1 heterocycles. The van der Waals surface area contributed by atoms with E-state index in [0.29, 0.717) is 12.0 Å². The fraction of sp³-hybridized carbons (Fsp3) is 0.917. The first kappa shape index (κ1) is 12.5. The lowest BCUT2D eigenvalue weighted by Gasteiger charge is -2.30. The molecule has 0 aliphatic carbocycles. The van der Waals surface area contributed by atoms with Crippen LogP contribution in [0.25, 0.3) is 0 Å². The molecular formula is C12H23NO2. The molecule has 3 heteroatoms. The van der Waals surface area contributed by atoms with Crippen LogP contribution in [0.3, 0.4) is 0 Å². The Morgan fingerprint density at radius 1 is 1.53 bits per heavy atom. The average Bonchev–Trinajstić information content (AvgIpc) is 2.56. The molecule has 0 amide bonds. The van der Waals surface area contributed by atoms with Crippen LogP contribution in [0.15, 0.2) is 0 Å². The summed E-state index contributed by atoms with van der Waals surface area (Å²) in [6, 6.07) is 0.220. The van der Waals surface area contributed by atoms with Crippen LogP contribution in [-0.2, 0) is 4.79 Å². The van der Waals surface area contributed by atoms with Crippen LogP contribution in [-0.4, -0.2) is 34.6 Å². The first-order chi connectivity index (χ1) is 7.10. The van der Waals surface area contributed by atoms with Crippen molar-refractivity contribution in [1.29, 1.82) is 0 Å². The van der Waals surface area contributed by atoms with Crippen molar-refractivity contribution in [3.05, 3.63) is 0 Å². The number of hydrogen-bond acceptors (Lipinski definition) is 2. The average molecular weight is 213 g/mol. The number of carboxylic acid groups (broad SMARTS) is 1. The van der Waals surface area contributed by atoms with E-state index in [1.807, 2.05) is 0 Å². The van der Waals surface area contributed by atoms with Gasteiger partial charge in [0, 0.05) is 12.6 Å². The Morgan fingerprint density at radius 3 is 2.67 bits per heavy atom. The van der Waals surface area contributed by atoms with Crippen molar-refractivity contribution in [2.75, 3.05) is 6.54 Å². The second-order valence-corrected chi connectivity index (χ2v) is 4.74. The van der Waals surface area contributed by atoms with Crippen LogP contribution < -0.4 is 0 Å². The Kier molecular flexibility index (Phi) is 4.58. The molecule has 0 saturated carbocycles. The molecule has 1 saturated heterocycles. The summed E-state index contributed by atoms with van der Waals surface area (Å²) in [7, 11) is 0. The molecule has 0 aromatic carbocycles. The second-order valence-electron chi connectivity index (χ2n) is 4.74. The van der Waals surface area contributed by atoms with Crippen LogP contribution in [0.5, 0.6) is 0 Å². The molecule has 1 aliphatic heterocycles. The summed E-state index contributed by atoms with van der Waals surface area (Å²) in [5.74, 6) is -0.120. The van der Waals surface area contributed by atoms with Crippen LogP contribution in [0.1, 0.15) is 46.5 Å². The fourth-order valence-corrected chi connectivity index (χ4v) is 2.66. The predicted molar refractivity (Wildman–Crippen MR) is 60.9 cm³/mol. The van der Waals surface area contributed by atoms with Gasteiger partial charge in [0.15, 0.2) is 0 Å². The Balaban J connectivity index is 2.67. The summed E-state index contributed by atoms with van der Waals surface area (Å²) in [4.78, 5) is 13.3. The third kappa shape index (κ3) is 2.94.